The first-order valence-electron chi connectivity index (χ1n) is 6.28. The highest BCUT2D eigenvalue weighted by Gasteiger charge is 2.04. The molecule has 0 heterocycles. The maximum Gasteiger partial charge on any atom is 0.130 e. The van der Waals surface area contributed by atoms with Gasteiger partial charge in [0.1, 0.15) is 11.6 Å². The zero-order valence-electron chi connectivity index (χ0n) is 11.2. The minimum Gasteiger partial charge on any atom is -0.497 e. The van der Waals surface area contributed by atoms with Crippen LogP contribution in [0, 0.1) is 12.7 Å². The fourth-order valence-corrected chi connectivity index (χ4v) is 1.97. The van der Waals surface area contributed by atoms with Gasteiger partial charge in [-0.1, -0.05) is 30.3 Å². The van der Waals surface area contributed by atoms with Gasteiger partial charge in [0.25, 0.3) is 0 Å². The van der Waals surface area contributed by atoms with Gasteiger partial charge in [0.15, 0.2) is 0 Å². The van der Waals surface area contributed by atoms with Crippen LogP contribution in [-0.4, -0.2) is 7.11 Å². The minimum atomic E-state index is -0.124. The first-order chi connectivity index (χ1) is 9.20. The monoisotopic (exact) mass is 259 g/mol. The van der Waals surface area contributed by atoms with Crippen LogP contribution >= 0.6 is 0 Å². The van der Waals surface area contributed by atoms with Gasteiger partial charge < -0.3 is 10.1 Å². The van der Waals surface area contributed by atoms with E-state index in [4.69, 9.17) is 4.74 Å². The molecule has 0 aliphatic rings. The summed E-state index contributed by atoms with van der Waals surface area (Å²) in [6.45, 7) is 2.98. The van der Waals surface area contributed by atoms with Crippen LogP contribution in [0.25, 0.3) is 0 Å². The zero-order valence-corrected chi connectivity index (χ0v) is 11.2. The molecule has 0 fully saturated rings. The molecule has 100 valence electrons. The SMILES string of the molecule is COc1cccc(CNCc2cccc(C)c2F)c1. The quantitative estimate of drug-likeness (QED) is 0.888. The van der Waals surface area contributed by atoms with Gasteiger partial charge in [0.2, 0.25) is 0 Å². The van der Waals surface area contributed by atoms with Crippen LogP contribution in [0.2, 0.25) is 0 Å². The lowest BCUT2D eigenvalue weighted by atomic mass is 10.1. The normalized spacial score (nSPS) is 10.5. The standard InChI is InChI=1S/C16H18FNO/c1-12-5-3-7-14(16(12)17)11-18-10-13-6-4-8-15(9-13)19-2/h3-9,18H,10-11H2,1-2H3. The Balaban J connectivity index is 1.94. The molecule has 0 saturated heterocycles. The second kappa shape index (κ2) is 6.34. The van der Waals surface area contributed by atoms with Crippen LogP contribution in [0.5, 0.6) is 5.75 Å². The van der Waals surface area contributed by atoms with E-state index in [-0.39, 0.29) is 5.82 Å². The number of benzene rings is 2. The largest absolute Gasteiger partial charge is 0.497 e. The van der Waals surface area contributed by atoms with Crippen LogP contribution in [0.15, 0.2) is 42.5 Å². The Kier molecular flexibility index (Phi) is 4.53. The Morgan fingerprint density at radius 2 is 1.89 bits per heavy atom. The van der Waals surface area contributed by atoms with Crippen molar-refractivity contribution in [3.8, 4) is 5.75 Å². The van der Waals surface area contributed by atoms with Crippen LogP contribution in [0.4, 0.5) is 4.39 Å². The molecule has 2 rings (SSSR count). The highest BCUT2D eigenvalue weighted by atomic mass is 19.1. The number of methoxy groups -OCH3 is 1. The summed E-state index contributed by atoms with van der Waals surface area (Å²) in [5.41, 5.74) is 2.50. The highest BCUT2D eigenvalue weighted by molar-refractivity contribution is 5.28. The lowest BCUT2D eigenvalue weighted by molar-refractivity contribution is 0.414. The molecule has 0 saturated carbocycles. The van der Waals surface area contributed by atoms with Crippen molar-refractivity contribution < 1.29 is 9.13 Å². The molecular formula is C16H18FNO. The number of hydrogen-bond acceptors (Lipinski definition) is 2. The maximum absolute atomic E-state index is 13.8. The second-order valence-corrected chi connectivity index (χ2v) is 4.50. The average molecular weight is 259 g/mol. The molecule has 0 amide bonds. The average Bonchev–Trinajstić information content (AvgIpc) is 2.44. The van der Waals surface area contributed by atoms with Gasteiger partial charge in [-0.05, 0) is 30.2 Å². The van der Waals surface area contributed by atoms with Gasteiger partial charge in [0.05, 0.1) is 7.11 Å². The van der Waals surface area contributed by atoms with E-state index in [2.05, 4.69) is 5.32 Å². The van der Waals surface area contributed by atoms with Gasteiger partial charge in [-0.3, -0.25) is 0 Å². The first-order valence-corrected chi connectivity index (χ1v) is 6.28. The number of halogens is 1. The molecule has 0 unspecified atom stereocenters. The van der Waals surface area contributed by atoms with Gasteiger partial charge in [-0.25, -0.2) is 4.39 Å². The molecule has 0 aliphatic carbocycles. The van der Waals surface area contributed by atoms with E-state index < -0.39 is 0 Å². The Morgan fingerprint density at radius 3 is 2.68 bits per heavy atom. The molecule has 2 aromatic carbocycles. The summed E-state index contributed by atoms with van der Waals surface area (Å²) in [6.07, 6.45) is 0. The van der Waals surface area contributed by atoms with Gasteiger partial charge in [-0.2, -0.15) is 0 Å². The van der Waals surface area contributed by atoms with Crippen molar-refractivity contribution in [1.29, 1.82) is 0 Å². The van der Waals surface area contributed by atoms with E-state index in [0.717, 1.165) is 11.3 Å². The van der Waals surface area contributed by atoms with Crippen molar-refractivity contribution in [2.45, 2.75) is 20.0 Å². The van der Waals surface area contributed by atoms with Crippen LogP contribution < -0.4 is 10.1 Å². The summed E-state index contributed by atoms with van der Waals surface area (Å²) < 4.78 is 19.0. The van der Waals surface area contributed by atoms with Gasteiger partial charge >= 0.3 is 0 Å². The van der Waals surface area contributed by atoms with E-state index >= 15 is 0 Å². The molecule has 0 aliphatic heterocycles. The molecule has 2 nitrogen and oxygen atoms in total. The fourth-order valence-electron chi connectivity index (χ4n) is 1.97. The third-order valence-corrected chi connectivity index (χ3v) is 3.05. The van der Waals surface area contributed by atoms with Crippen molar-refractivity contribution in [2.75, 3.05) is 7.11 Å². The van der Waals surface area contributed by atoms with Gasteiger partial charge in [0, 0.05) is 18.7 Å². The lowest BCUT2D eigenvalue weighted by Crippen LogP contribution is -2.14. The van der Waals surface area contributed by atoms with Crippen molar-refractivity contribution in [2.24, 2.45) is 0 Å². The second-order valence-electron chi connectivity index (χ2n) is 4.50. The molecule has 0 bridgehead atoms. The topological polar surface area (TPSA) is 21.3 Å². The molecular weight excluding hydrogens is 241 g/mol. The van der Waals surface area contributed by atoms with Crippen LogP contribution in [-0.2, 0) is 13.1 Å². The van der Waals surface area contributed by atoms with Crippen molar-refractivity contribution >= 4 is 0 Å². The third-order valence-electron chi connectivity index (χ3n) is 3.05. The molecule has 0 spiro atoms. The van der Waals surface area contributed by atoms with Crippen molar-refractivity contribution in [3.63, 3.8) is 0 Å². The van der Waals surface area contributed by atoms with E-state index in [0.29, 0.717) is 24.2 Å². The Labute approximate surface area is 113 Å². The third kappa shape index (κ3) is 3.55. The molecule has 0 radical (unpaired) electrons. The number of hydrogen-bond donors (Lipinski definition) is 1. The number of aryl methyl sites for hydroxylation is 1. The predicted molar refractivity (Wildman–Crippen MR) is 74.7 cm³/mol. The summed E-state index contributed by atoms with van der Waals surface area (Å²) in [7, 11) is 1.65. The highest BCUT2D eigenvalue weighted by Crippen LogP contribution is 2.14. The van der Waals surface area contributed by atoms with E-state index in [1.54, 1.807) is 26.2 Å². The van der Waals surface area contributed by atoms with Crippen LogP contribution in [0.1, 0.15) is 16.7 Å². The minimum absolute atomic E-state index is 0.124. The Hall–Kier alpha value is -1.87. The zero-order chi connectivity index (χ0) is 13.7. The summed E-state index contributed by atoms with van der Waals surface area (Å²) >= 11 is 0. The van der Waals surface area contributed by atoms with Gasteiger partial charge in [-0.15, -0.1) is 0 Å². The van der Waals surface area contributed by atoms with Crippen molar-refractivity contribution in [1.82, 2.24) is 5.32 Å². The van der Waals surface area contributed by atoms with E-state index in [1.807, 2.05) is 30.3 Å². The summed E-state index contributed by atoms with van der Waals surface area (Å²) in [5.74, 6) is 0.710. The van der Waals surface area contributed by atoms with E-state index in [1.165, 1.54) is 0 Å². The molecule has 0 aromatic heterocycles. The summed E-state index contributed by atoms with van der Waals surface area (Å²) in [6, 6.07) is 13.3. The lowest BCUT2D eigenvalue weighted by Gasteiger charge is -2.08. The molecule has 19 heavy (non-hydrogen) atoms. The fraction of sp³-hybridized carbons (Fsp3) is 0.250. The Bertz CT molecular complexity index is 554. The summed E-state index contributed by atoms with van der Waals surface area (Å²) in [5, 5.41) is 3.24. The molecule has 1 N–H and O–H groups in total. The Morgan fingerprint density at radius 1 is 1.11 bits per heavy atom. The van der Waals surface area contributed by atoms with Crippen LogP contribution in [0.3, 0.4) is 0 Å². The smallest absolute Gasteiger partial charge is 0.130 e. The number of nitrogens with one attached hydrogen (secondary N) is 1. The van der Waals surface area contributed by atoms with Crippen molar-refractivity contribution in [3.05, 3.63) is 65.0 Å². The molecule has 2 aromatic rings. The molecule has 3 heteroatoms. The van der Waals surface area contributed by atoms with E-state index in [9.17, 15) is 4.39 Å². The first kappa shape index (κ1) is 13.6. The predicted octanol–water partition coefficient (Wildman–Crippen LogP) is 3.43. The number of ether oxygens (including phenoxy) is 1. The molecule has 0 atom stereocenters. The number of rotatable bonds is 5. The summed E-state index contributed by atoms with van der Waals surface area (Å²) in [4.78, 5) is 0. The maximum atomic E-state index is 13.8.